The van der Waals surface area contributed by atoms with E-state index in [0.29, 0.717) is 10.8 Å². The first-order chi connectivity index (χ1) is 8.58. The molecule has 1 aromatic rings. The molecule has 0 amide bonds. The molecular formula is C15H16ClNO. The lowest BCUT2D eigenvalue weighted by Gasteiger charge is -2.13. The van der Waals surface area contributed by atoms with E-state index < -0.39 is 0 Å². The normalized spacial score (nSPS) is 17.2. The number of aliphatic hydroxyl groups excluding tert-OH is 1. The summed E-state index contributed by atoms with van der Waals surface area (Å²) in [7, 11) is 4.02. The summed E-state index contributed by atoms with van der Waals surface area (Å²) in [4.78, 5) is 2.08. The van der Waals surface area contributed by atoms with Gasteiger partial charge in [-0.3, -0.25) is 0 Å². The molecule has 0 saturated carbocycles. The van der Waals surface area contributed by atoms with Crippen LogP contribution < -0.4 is 0 Å². The van der Waals surface area contributed by atoms with E-state index >= 15 is 0 Å². The van der Waals surface area contributed by atoms with Crippen molar-refractivity contribution in [2.24, 2.45) is 0 Å². The van der Waals surface area contributed by atoms with Crippen LogP contribution in [0.4, 0.5) is 0 Å². The summed E-state index contributed by atoms with van der Waals surface area (Å²) in [6.07, 6.45) is 5.92. The summed E-state index contributed by atoms with van der Waals surface area (Å²) in [6.45, 7) is 0.806. The van der Waals surface area contributed by atoms with Gasteiger partial charge >= 0.3 is 0 Å². The molecule has 1 N–H and O–H groups in total. The number of hydrogen-bond donors (Lipinski definition) is 1. The van der Waals surface area contributed by atoms with Crippen LogP contribution in [-0.2, 0) is 0 Å². The molecule has 1 aliphatic carbocycles. The zero-order chi connectivity index (χ0) is 13.1. The number of benzene rings is 1. The molecule has 0 aromatic heterocycles. The quantitative estimate of drug-likeness (QED) is 0.840. The summed E-state index contributed by atoms with van der Waals surface area (Å²) in [5.74, 6) is 0.300. The van der Waals surface area contributed by atoms with Crippen molar-refractivity contribution in [3.05, 3.63) is 64.2 Å². The van der Waals surface area contributed by atoms with Crippen LogP contribution in [0.1, 0.15) is 5.56 Å². The Morgan fingerprint density at radius 3 is 2.50 bits per heavy atom. The highest BCUT2D eigenvalue weighted by atomic mass is 35.5. The van der Waals surface area contributed by atoms with Gasteiger partial charge in [0.05, 0.1) is 0 Å². The minimum atomic E-state index is 0.300. The van der Waals surface area contributed by atoms with Gasteiger partial charge in [0.2, 0.25) is 0 Å². The molecular weight excluding hydrogens is 246 g/mol. The Bertz CT molecular complexity index is 524. The summed E-state index contributed by atoms with van der Waals surface area (Å²) in [6, 6.07) is 7.21. The topological polar surface area (TPSA) is 23.5 Å². The van der Waals surface area contributed by atoms with Gasteiger partial charge in [0, 0.05) is 22.7 Å². The van der Waals surface area contributed by atoms with Crippen LogP contribution in [0.3, 0.4) is 0 Å². The Hall–Kier alpha value is -1.51. The Labute approximate surface area is 112 Å². The van der Waals surface area contributed by atoms with Crippen molar-refractivity contribution in [1.29, 1.82) is 0 Å². The Morgan fingerprint density at radius 2 is 1.89 bits per heavy atom. The standard InChI is InChI=1S/C15H16ClNO/c1-17(2)10-12-4-3-5-14(12)15(18)11-6-8-13(16)9-7-11/h3-9,18H,10H2,1-2H3/b15-14-. The third kappa shape index (κ3) is 2.84. The second kappa shape index (κ2) is 5.42. The molecule has 0 unspecified atom stereocenters. The van der Waals surface area contributed by atoms with Crippen LogP contribution in [0.25, 0.3) is 5.76 Å². The molecule has 0 saturated heterocycles. The van der Waals surface area contributed by atoms with Crippen molar-refractivity contribution < 1.29 is 5.11 Å². The van der Waals surface area contributed by atoms with Crippen molar-refractivity contribution >= 4 is 17.4 Å². The average Bonchev–Trinajstić information content (AvgIpc) is 2.76. The molecule has 1 aromatic carbocycles. The SMILES string of the molecule is CN(C)CC1=CC=C/C1=C(/O)c1ccc(Cl)cc1. The second-order valence-corrected chi connectivity index (χ2v) is 4.99. The van der Waals surface area contributed by atoms with Crippen molar-refractivity contribution in [1.82, 2.24) is 4.90 Å². The average molecular weight is 262 g/mol. The smallest absolute Gasteiger partial charge is 0.130 e. The zero-order valence-electron chi connectivity index (χ0n) is 10.5. The monoisotopic (exact) mass is 261 g/mol. The molecule has 0 heterocycles. The molecule has 18 heavy (non-hydrogen) atoms. The fourth-order valence-electron chi connectivity index (χ4n) is 1.93. The van der Waals surface area contributed by atoms with Gasteiger partial charge in [0.1, 0.15) is 5.76 Å². The van der Waals surface area contributed by atoms with Gasteiger partial charge in [0.15, 0.2) is 0 Å². The van der Waals surface area contributed by atoms with Crippen LogP contribution in [0.15, 0.2) is 53.6 Å². The van der Waals surface area contributed by atoms with Gasteiger partial charge < -0.3 is 10.0 Å². The molecule has 94 valence electrons. The number of hydrogen-bond acceptors (Lipinski definition) is 2. The van der Waals surface area contributed by atoms with Crippen molar-refractivity contribution in [2.75, 3.05) is 20.6 Å². The number of nitrogens with zero attached hydrogens (tertiary/aromatic N) is 1. The number of aliphatic hydroxyl groups is 1. The van der Waals surface area contributed by atoms with E-state index in [1.165, 1.54) is 0 Å². The maximum Gasteiger partial charge on any atom is 0.130 e. The van der Waals surface area contributed by atoms with Crippen LogP contribution in [0, 0.1) is 0 Å². The van der Waals surface area contributed by atoms with Crippen molar-refractivity contribution in [3.63, 3.8) is 0 Å². The summed E-state index contributed by atoms with van der Waals surface area (Å²) < 4.78 is 0. The Morgan fingerprint density at radius 1 is 1.22 bits per heavy atom. The van der Waals surface area contributed by atoms with Gasteiger partial charge in [-0.2, -0.15) is 0 Å². The molecule has 2 rings (SSSR count). The maximum atomic E-state index is 10.3. The highest BCUT2D eigenvalue weighted by Gasteiger charge is 2.14. The largest absolute Gasteiger partial charge is 0.507 e. The molecule has 2 nitrogen and oxygen atoms in total. The molecule has 3 heteroatoms. The Kier molecular flexibility index (Phi) is 3.90. The fourth-order valence-corrected chi connectivity index (χ4v) is 2.06. The number of likely N-dealkylation sites (N-methyl/N-ethyl adjacent to an activating group) is 1. The number of allylic oxidation sites excluding steroid dienone is 3. The van der Waals surface area contributed by atoms with E-state index in [2.05, 4.69) is 4.90 Å². The van der Waals surface area contributed by atoms with E-state index in [1.807, 2.05) is 44.5 Å². The van der Waals surface area contributed by atoms with Gasteiger partial charge in [-0.15, -0.1) is 0 Å². The van der Waals surface area contributed by atoms with Crippen molar-refractivity contribution in [2.45, 2.75) is 0 Å². The lowest BCUT2D eigenvalue weighted by Crippen LogP contribution is -2.15. The first kappa shape index (κ1) is 12.9. The maximum absolute atomic E-state index is 10.3. The molecule has 0 radical (unpaired) electrons. The highest BCUT2D eigenvalue weighted by molar-refractivity contribution is 6.30. The summed E-state index contributed by atoms with van der Waals surface area (Å²) in [5.41, 5.74) is 2.78. The van der Waals surface area contributed by atoms with E-state index in [-0.39, 0.29) is 0 Å². The molecule has 1 aliphatic rings. The predicted octanol–water partition coefficient (Wildman–Crippen LogP) is 3.67. The zero-order valence-corrected chi connectivity index (χ0v) is 11.3. The number of halogens is 1. The van der Waals surface area contributed by atoms with Crippen LogP contribution in [0.5, 0.6) is 0 Å². The third-order valence-electron chi connectivity index (χ3n) is 2.77. The van der Waals surface area contributed by atoms with E-state index in [1.54, 1.807) is 12.1 Å². The minimum Gasteiger partial charge on any atom is -0.507 e. The predicted molar refractivity (Wildman–Crippen MR) is 76.8 cm³/mol. The third-order valence-corrected chi connectivity index (χ3v) is 3.02. The summed E-state index contributed by atoms with van der Waals surface area (Å²) in [5, 5.41) is 11.0. The molecule has 0 atom stereocenters. The van der Waals surface area contributed by atoms with E-state index in [4.69, 9.17) is 11.6 Å². The van der Waals surface area contributed by atoms with Crippen LogP contribution in [0.2, 0.25) is 5.02 Å². The summed E-state index contributed by atoms with van der Waals surface area (Å²) >= 11 is 5.84. The lowest BCUT2D eigenvalue weighted by molar-refractivity contribution is 0.446. The fraction of sp³-hybridized carbons (Fsp3) is 0.200. The van der Waals surface area contributed by atoms with E-state index in [9.17, 15) is 5.11 Å². The number of rotatable bonds is 3. The highest BCUT2D eigenvalue weighted by Crippen LogP contribution is 2.27. The van der Waals surface area contributed by atoms with Gasteiger partial charge in [0.25, 0.3) is 0 Å². The van der Waals surface area contributed by atoms with Gasteiger partial charge in [-0.1, -0.05) is 29.8 Å². The minimum absolute atomic E-state index is 0.300. The van der Waals surface area contributed by atoms with Gasteiger partial charge in [-0.05, 0) is 43.9 Å². The molecule has 0 spiro atoms. The second-order valence-electron chi connectivity index (χ2n) is 4.56. The van der Waals surface area contributed by atoms with Crippen LogP contribution in [-0.4, -0.2) is 30.6 Å². The molecule has 0 fully saturated rings. The molecule has 0 aliphatic heterocycles. The van der Waals surface area contributed by atoms with Crippen LogP contribution >= 0.6 is 11.6 Å². The van der Waals surface area contributed by atoms with Gasteiger partial charge in [-0.25, -0.2) is 0 Å². The Balaban J connectivity index is 2.32. The first-order valence-corrected chi connectivity index (χ1v) is 6.17. The van der Waals surface area contributed by atoms with E-state index in [0.717, 1.165) is 23.3 Å². The molecule has 0 bridgehead atoms. The van der Waals surface area contributed by atoms with Crippen molar-refractivity contribution in [3.8, 4) is 0 Å². The first-order valence-electron chi connectivity index (χ1n) is 5.79. The lowest BCUT2D eigenvalue weighted by atomic mass is 10.0.